The number of nitrogen functional groups attached to an aromatic ring is 8. The van der Waals surface area contributed by atoms with Gasteiger partial charge in [0.2, 0.25) is 0 Å². The molecule has 2 saturated carbocycles. The summed E-state index contributed by atoms with van der Waals surface area (Å²) in [5.74, 6) is 1.84. The Bertz CT molecular complexity index is 6800. The van der Waals surface area contributed by atoms with Crippen molar-refractivity contribution in [3.05, 3.63) is 244 Å². The van der Waals surface area contributed by atoms with Crippen LogP contribution >= 0.6 is 73.9 Å². The Morgan fingerprint density at radius 3 is 1.40 bits per heavy atom. The van der Waals surface area contributed by atoms with Crippen molar-refractivity contribution < 1.29 is 49.8 Å². The Morgan fingerprint density at radius 1 is 0.359 bits per heavy atom. The second kappa shape index (κ2) is 39.1. The Labute approximate surface area is 791 Å². The van der Waals surface area contributed by atoms with Gasteiger partial charge in [-0.3, -0.25) is 0 Å². The van der Waals surface area contributed by atoms with Crippen LogP contribution in [0.5, 0.6) is 0 Å². The number of para-hydroxylation sites is 3. The number of aliphatic hydroxyl groups is 8. The van der Waals surface area contributed by atoms with Crippen molar-refractivity contribution in [2.45, 2.75) is 200 Å². The number of fused-ring (bicyclic) bond motifs is 8. The molecule has 0 amide bonds. The van der Waals surface area contributed by atoms with E-state index in [0.29, 0.717) is 150 Å². The molecule has 0 saturated heterocycles. The van der Waals surface area contributed by atoms with Crippen molar-refractivity contribution in [1.29, 1.82) is 0 Å². The molecule has 34 heteroatoms. The summed E-state index contributed by atoms with van der Waals surface area (Å²) in [5.41, 5.74) is 53.2. The number of nitrogens with zero attached hydrogens (tertiary/aromatic N) is 10. The fourth-order valence-corrected chi connectivity index (χ4v) is 16.3. The molecule has 2 aliphatic carbocycles. The van der Waals surface area contributed by atoms with Crippen molar-refractivity contribution in [3.8, 4) is 0 Å². The summed E-state index contributed by atoms with van der Waals surface area (Å²) in [7, 11) is 0. The van der Waals surface area contributed by atoms with E-state index >= 15 is 0 Å². The van der Waals surface area contributed by atoms with Crippen molar-refractivity contribution in [2.24, 2.45) is 0 Å². The van der Waals surface area contributed by atoms with Gasteiger partial charge >= 0.3 is 0 Å². The summed E-state index contributed by atoms with van der Waals surface area (Å²) in [6, 6.07) is 45.6. The highest BCUT2D eigenvalue weighted by Crippen LogP contribution is 2.48. The molecule has 0 bridgehead atoms. The highest BCUT2D eigenvalue weighted by atomic mass is 79.9. The number of anilines is 8. The number of aromatic nitrogens is 10. The average Bonchev–Trinajstić information content (AvgIpc) is 1.59. The van der Waals surface area contributed by atoms with Crippen molar-refractivity contribution in [1.82, 2.24) is 50.0 Å². The molecule has 28 nitrogen and oxygen atoms in total. The van der Waals surface area contributed by atoms with Gasteiger partial charge in [0.15, 0.2) is 22.7 Å². The van der Waals surface area contributed by atoms with Crippen molar-refractivity contribution in [2.75, 3.05) is 45.9 Å². The molecular weight excluding hydrogens is 1830 g/mol. The third-order valence-corrected chi connectivity index (χ3v) is 23.1. The highest BCUT2D eigenvalue weighted by Gasteiger charge is 2.36. The first-order valence-corrected chi connectivity index (χ1v) is 44.5. The van der Waals surface area contributed by atoms with Crippen LogP contribution in [0, 0.1) is 0 Å². The van der Waals surface area contributed by atoms with E-state index in [9.17, 15) is 40.9 Å². The lowest BCUT2D eigenvalue weighted by Crippen LogP contribution is -2.20. The first-order chi connectivity index (χ1) is 60.8. The lowest BCUT2D eigenvalue weighted by molar-refractivity contribution is 0.0742. The van der Waals surface area contributed by atoms with Gasteiger partial charge in [-0.2, -0.15) is 0 Å². The SMILES string of the molecule is CC(C)(O)c1c(N)cc(Cl)c2c(C3CC3)noc12.CC(C)(O)c1c(N)cc2nc(C3CCC3)oc2c1Cl.CC(C)(O)c1nc2c(Cl)cccc2cc1N.CC(C)(O)c1nc2cc(Cl)ccc2cc1N.CC(C)(O)c1nc2ccc(Br)cc2cc1N.CC(C)(O)c1nc2cccc(Cl)c2cc1N.CC(C)(O)c1nc2ccccc2nc1N.CC(C)(O)c1nc2ncccc2cc1N. The largest absolute Gasteiger partial charge is 0.439 e. The molecule has 0 unspecified atom stereocenters. The van der Waals surface area contributed by atoms with Gasteiger partial charge in [-0.15, -0.1) is 0 Å². The van der Waals surface area contributed by atoms with Crippen LogP contribution in [-0.4, -0.2) is 90.9 Å². The second-order valence-electron chi connectivity index (χ2n) is 36.4. The summed E-state index contributed by atoms with van der Waals surface area (Å²) >= 11 is 34.0. The number of pyridine rings is 6. The van der Waals surface area contributed by atoms with Crippen LogP contribution in [0.4, 0.5) is 45.6 Å². The third-order valence-electron chi connectivity index (χ3n) is 21.0. The van der Waals surface area contributed by atoms with E-state index in [2.05, 4.69) is 65.9 Å². The minimum absolute atomic E-state index is 0.279. The summed E-state index contributed by atoms with van der Waals surface area (Å²) in [6.07, 6.45) is 7.32. The van der Waals surface area contributed by atoms with Crippen LogP contribution in [0.25, 0.3) is 87.7 Å². The van der Waals surface area contributed by atoms with Crippen molar-refractivity contribution in [3.63, 3.8) is 0 Å². The first kappa shape index (κ1) is 101. The zero-order valence-corrected chi connectivity index (χ0v) is 80.8. The van der Waals surface area contributed by atoms with Gasteiger partial charge in [-0.05, 0) is 252 Å². The standard InChI is InChI=1S/C14H17ClN2O2.C13H15ClN2O2.C12H13BrN2O.3C12H13ClN2O.2C11H13N3O/c1-14(2,18)10-8(16)6-9-12(11(10)15)19-13(17-9)7-4-3-5-7;1-13(2,17)10-8(15)5-7(14)9-11(6-3-4-6)16-18-12(9)10;1-12(2,16)11-9(14)6-7-5-8(13)3-4-10(7)15-11;1-12(2,16)11-9(14)5-7-3-4-8(13)6-10(7)15-11;1-12(2,16)11-9(14)6-7-8(13)4-3-5-10(7)15-11;1-12(2,16)11-9(14)6-7-4-3-5-8(13)10(7)15-11;1-11(2,15)9-8(12)6-7-4-3-5-13-10(7)14-9;1-11(2,15)9-10(12)14-8-6-4-3-5-7(8)13-9/h6-7,18H,3-5,16H2,1-2H3;5-6,17H,3-4,15H2,1-2H3;4*3-6,16H,14H2,1-2H3;3-6,15H,12H2,1-2H3;3-6,15H,1-2H3,(H2,12,14). The van der Waals surface area contributed by atoms with Crippen LogP contribution in [-0.2, 0) is 44.8 Å². The molecule has 24 N–H and O–H groups in total. The van der Waals surface area contributed by atoms with Gasteiger partial charge in [-0.1, -0.05) is 122 Å². The molecule has 16 aromatic rings. The van der Waals surface area contributed by atoms with Crippen LogP contribution in [0.2, 0.25) is 25.1 Å². The van der Waals surface area contributed by atoms with Crippen molar-refractivity contribution >= 4 is 207 Å². The highest BCUT2D eigenvalue weighted by molar-refractivity contribution is 9.10. The Hall–Kier alpha value is -11.0. The normalized spacial score (nSPS) is 13.3. The van der Waals surface area contributed by atoms with Gasteiger partial charge < -0.3 is 95.7 Å². The summed E-state index contributed by atoms with van der Waals surface area (Å²) in [5, 5.41) is 91.8. The first-order valence-electron chi connectivity index (χ1n) is 41.8. The maximum atomic E-state index is 10.2. The van der Waals surface area contributed by atoms with Crippen LogP contribution in [0.15, 0.2) is 171 Å². The molecule has 0 aliphatic heterocycles. The zero-order valence-electron chi connectivity index (χ0n) is 75.5. The number of halogens is 6. The van der Waals surface area contributed by atoms with Gasteiger partial charge in [0.1, 0.15) is 50.6 Å². The van der Waals surface area contributed by atoms with Gasteiger partial charge in [0.25, 0.3) is 0 Å². The smallest absolute Gasteiger partial charge is 0.198 e. The van der Waals surface area contributed by atoms with Gasteiger partial charge in [-0.25, -0.2) is 44.9 Å². The molecule has 2 fully saturated rings. The summed E-state index contributed by atoms with van der Waals surface area (Å²) in [6.45, 7) is 26.5. The third kappa shape index (κ3) is 24.3. The predicted molar refractivity (Wildman–Crippen MR) is 533 cm³/mol. The quantitative estimate of drug-likeness (QED) is 0.0565. The van der Waals surface area contributed by atoms with E-state index in [1.165, 1.54) is 6.42 Å². The topological polar surface area (TPSA) is 525 Å². The van der Waals surface area contributed by atoms with E-state index < -0.39 is 44.8 Å². The molecule has 7 aromatic carbocycles. The van der Waals surface area contributed by atoms with E-state index in [1.54, 1.807) is 178 Å². The van der Waals surface area contributed by atoms with Crippen LogP contribution < -0.4 is 45.9 Å². The number of oxazole rings is 1. The molecule has 131 heavy (non-hydrogen) atoms. The molecule has 2 aliphatic rings. The minimum Gasteiger partial charge on any atom is -0.439 e. The number of nitrogens with two attached hydrogens (primary N) is 8. The van der Waals surface area contributed by atoms with Crippen LogP contribution in [0.3, 0.4) is 0 Å². The van der Waals surface area contributed by atoms with E-state index in [-0.39, 0.29) is 5.82 Å². The predicted octanol–water partition coefficient (Wildman–Crippen LogP) is 20.5. The average molecular weight is 1950 g/mol. The number of hydrogen-bond donors (Lipinski definition) is 16. The molecule has 690 valence electrons. The molecule has 0 radical (unpaired) electrons. The fourth-order valence-electron chi connectivity index (χ4n) is 14.5. The Kier molecular flexibility index (Phi) is 30.0. The zero-order chi connectivity index (χ0) is 96.7. The maximum Gasteiger partial charge on any atom is 0.198 e. The summed E-state index contributed by atoms with van der Waals surface area (Å²) in [4.78, 5) is 38.8. The lowest BCUT2D eigenvalue weighted by atomic mass is 9.85. The fraction of sp³-hybridized carbons (Fsp3) is 0.320. The minimum atomic E-state index is -1.11. The molecular formula is C97H110BrCl5N18O10. The Balaban J connectivity index is 0.000000145. The monoisotopic (exact) mass is 1940 g/mol. The molecule has 0 atom stereocenters. The number of hydrogen-bond acceptors (Lipinski definition) is 28. The van der Waals surface area contributed by atoms with Gasteiger partial charge in [0.05, 0.1) is 138 Å². The Morgan fingerprint density at radius 2 is 0.840 bits per heavy atom. The maximum absolute atomic E-state index is 10.2. The lowest BCUT2D eigenvalue weighted by Gasteiger charge is -2.21. The van der Waals surface area contributed by atoms with E-state index in [0.717, 1.165) is 102 Å². The van der Waals surface area contributed by atoms with E-state index in [1.807, 2.05) is 91.0 Å². The number of benzene rings is 7. The molecule has 9 heterocycles. The summed E-state index contributed by atoms with van der Waals surface area (Å²) < 4.78 is 12.2. The van der Waals surface area contributed by atoms with Crippen LogP contribution in [0.1, 0.15) is 212 Å². The van der Waals surface area contributed by atoms with Gasteiger partial charge in [0, 0.05) is 71.4 Å². The second-order valence-corrected chi connectivity index (χ2v) is 39.4. The number of rotatable bonds is 10. The molecule has 18 rings (SSSR count). The molecule has 9 aromatic heterocycles. The van der Waals surface area contributed by atoms with E-state index in [4.69, 9.17) is 113 Å². The molecule has 0 spiro atoms.